The van der Waals surface area contributed by atoms with E-state index in [1.807, 2.05) is 18.2 Å². The lowest BCUT2D eigenvalue weighted by atomic mass is 10.1. The number of ether oxygens (including phenoxy) is 2. The largest absolute Gasteiger partial charge is 0.496 e. The molecule has 0 fully saturated rings. The second kappa shape index (κ2) is 8.07. The van der Waals surface area contributed by atoms with Crippen molar-refractivity contribution in [3.05, 3.63) is 69.8 Å². The molecule has 0 saturated carbocycles. The number of hydrogen-bond donors (Lipinski definition) is 1. The molecule has 2 aromatic carbocycles. The molecule has 2 rings (SSSR count). The maximum absolute atomic E-state index is 12.3. The monoisotopic (exact) mass is 330 g/mol. The van der Waals surface area contributed by atoms with E-state index in [0.717, 1.165) is 5.56 Å². The summed E-state index contributed by atoms with van der Waals surface area (Å²) in [6.45, 7) is 0.155. The lowest BCUT2D eigenvalue weighted by Crippen LogP contribution is -2.29. The van der Waals surface area contributed by atoms with Crippen molar-refractivity contribution in [2.45, 2.75) is 6.10 Å². The number of hydrogen-bond acceptors (Lipinski definition) is 5. The van der Waals surface area contributed by atoms with Crippen molar-refractivity contribution in [2.24, 2.45) is 0 Å². The van der Waals surface area contributed by atoms with E-state index in [0.29, 0.717) is 5.75 Å². The summed E-state index contributed by atoms with van der Waals surface area (Å²) in [6.07, 6.45) is -0.437. The summed E-state index contributed by atoms with van der Waals surface area (Å²) in [5, 5.41) is 13.7. The van der Waals surface area contributed by atoms with Gasteiger partial charge in [0.15, 0.2) is 0 Å². The fourth-order valence-electron chi connectivity index (χ4n) is 2.36. The van der Waals surface area contributed by atoms with Gasteiger partial charge in [0.1, 0.15) is 17.4 Å². The molecule has 7 nitrogen and oxygen atoms in total. The quantitative estimate of drug-likeness (QED) is 0.622. The molecular formula is C17H18N2O5. The highest BCUT2D eigenvalue weighted by Crippen LogP contribution is 2.26. The van der Waals surface area contributed by atoms with Crippen molar-refractivity contribution in [2.75, 3.05) is 20.8 Å². The Morgan fingerprint density at radius 1 is 1.17 bits per heavy atom. The fourth-order valence-corrected chi connectivity index (χ4v) is 2.36. The van der Waals surface area contributed by atoms with E-state index in [-0.39, 0.29) is 17.8 Å². The lowest BCUT2D eigenvalue weighted by molar-refractivity contribution is -0.385. The number of nitrogens with zero attached hydrogens (tertiary/aromatic N) is 1. The van der Waals surface area contributed by atoms with Crippen LogP contribution in [0.4, 0.5) is 5.69 Å². The molecule has 0 aliphatic carbocycles. The fraction of sp³-hybridized carbons (Fsp3) is 0.235. The molecule has 1 atom stereocenters. The van der Waals surface area contributed by atoms with Gasteiger partial charge in [-0.25, -0.2) is 0 Å². The zero-order chi connectivity index (χ0) is 17.5. The molecule has 1 N–H and O–H groups in total. The Morgan fingerprint density at radius 2 is 1.83 bits per heavy atom. The summed E-state index contributed by atoms with van der Waals surface area (Å²) in [5.41, 5.74) is 0.559. The third kappa shape index (κ3) is 3.88. The van der Waals surface area contributed by atoms with E-state index in [1.165, 1.54) is 25.3 Å². The Bertz CT molecular complexity index is 732. The second-order valence-electron chi connectivity index (χ2n) is 4.95. The van der Waals surface area contributed by atoms with Crippen LogP contribution in [0.15, 0.2) is 48.5 Å². The van der Waals surface area contributed by atoms with E-state index in [9.17, 15) is 14.9 Å². The minimum atomic E-state index is -0.580. The van der Waals surface area contributed by atoms with Crippen molar-refractivity contribution >= 4 is 11.6 Å². The predicted molar refractivity (Wildman–Crippen MR) is 88.2 cm³/mol. The number of carbonyl (C=O) groups is 1. The number of nitro groups is 1. The van der Waals surface area contributed by atoms with E-state index in [2.05, 4.69) is 5.32 Å². The number of rotatable bonds is 7. The highest BCUT2D eigenvalue weighted by atomic mass is 16.6. The Morgan fingerprint density at radius 3 is 2.50 bits per heavy atom. The van der Waals surface area contributed by atoms with Crippen LogP contribution in [-0.2, 0) is 4.74 Å². The van der Waals surface area contributed by atoms with E-state index in [1.54, 1.807) is 19.2 Å². The van der Waals surface area contributed by atoms with Crippen LogP contribution in [0.5, 0.6) is 5.75 Å². The van der Waals surface area contributed by atoms with E-state index < -0.39 is 16.9 Å². The van der Waals surface area contributed by atoms with Crippen LogP contribution in [-0.4, -0.2) is 31.6 Å². The van der Waals surface area contributed by atoms with Crippen LogP contribution in [0.1, 0.15) is 22.0 Å². The highest BCUT2D eigenvalue weighted by molar-refractivity contribution is 5.98. The van der Waals surface area contributed by atoms with Gasteiger partial charge in [-0.1, -0.05) is 30.3 Å². The molecule has 0 saturated heterocycles. The Balaban J connectivity index is 2.14. The first kappa shape index (κ1) is 17.4. The molecular weight excluding hydrogens is 312 g/mol. The molecule has 1 amide bonds. The van der Waals surface area contributed by atoms with Gasteiger partial charge in [-0.15, -0.1) is 0 Å². The molecule has 0 heterocycles. The normalized spacial score (nSPS) is 11.6. The molecule has 24 heavy (non-hydrogen) atoms. The highest BCUT2D eigenvalue weighted by Gasteiger charge is 2.21. The first-order valence-electron chi connectivity index (χ1n) is 7.25. The van der Waals surface area contributed by atoms with Gasteiger partial charge in [0, 0.05) is 25.3 Å². The summed E-state index contributed by atoms with van der Waals surface area (Å²) < 4.78 is 10.7. The maximum atomic E-state index is 12.3. The van der Waals surface area contributed by atoms with E-state index in [4.69, 9.17) is 9.47 Å². The summed E-state index contributed by atoms with van der Waals surface area (Å²) in [6, 6.07) is 13.1. The van der Waals surface area contributed by atoms with Crippen LogP contribution in [0.2, 0.25) is 0 Å². The molecule has 0 aromatic heterocycles. The number of nitrogens with one attached hydrogen (secondary N) is 1. The van der Waals surface area contributed by atoms with Crippen molar-refractivity contribution in [1.29, 1.82) is 0 Å². The van der Waals surface area contributed by atoms with Crippen LogP contribution in [0.25, 0.3) is 0 Å². The standard InChI is InChI=1S/C17H18N2O5/c1-23-15-10-6-4-8-13(15)16(24-2)11-18-17(20)12-7-3-5-9-14(12)19(21)22/h3-10,16H,11H2,1-2H3,(H,18,20). The topological polar surface area (TPSA) is 90.7 Å². The Hall–Kier alpha value is -2.93. The van der Waals surface area contributed by atoms with Crippen molar-refractivity contribution in [1.82, 2.24) is 5.32 Å². The Kier molecular flexibility index (Phi) is 5.86. The maximum Gasteiger partial charge on any atom is 0.282 e. The predicted octanol–water partition coefficient (Wildman–Crippen LogP) is 2.72. The lowest BCUT2D eigenvalue weighted by Gasteiger charge is -2.19. The van der Waals surface area contributed by atoms with Crippen molar-refractivity contribution < 1.29 is 19.2 Å². The van der Waals surface area contributed by atoms with Gasteiger partial charge in [0.25, 0.3) is 11.6 Å². The first-order valence-corrected chi connectivity index (χ1v) is 7.25. The summed E-state index contributed by atoms with van der Waals surface area (Å²) in [7, 11) is 3.08. The average molecular weight is 330 g/mol. The number of carbonyl (C=O) groups excluding carboxylic acids is 1. The van der Waals surface area contributed by atoms with Gasteiger partial charge in [-0.05, 0) is 12.1 Å². The van der Waals surface area contributed by atoms with Crippen molar-refractivity contribution in [3.63, 3.8) is 0 Å². The molecule has 0 radical (unpaired) electrons. The average Bonchev–Trinajstić information content (AvgIpc) is 2.62. The van der Waals surface area contributed by atoms with Gasteiger partial charge in [0.2, 0.25) is 0 Å². The SMILES string of the molecule is COc1ccccc1C(CNC(=O)c1ccccc1[N+](=O)[O-])OC. The van der Waals surface area contributed by atoms with E-state index >= 15 is 0 Å². The number of para-hydroxylation sites is 2. The third-order valence-electron chi connectivity index (χ3n) is 3.56. The van der Waals surface area contributed by atoms with Gasteiger partial charge < -0.3 is 14.8 Å². The summed E-state index contributed by atoms with van der Waals surface area (Å²) in [5.74, 6) is 0.114. The first-order chi connectivity index (χ1) is 11.6. The number of methoxy groups -OCH3 is 2. The van der Waals surface area contributed by atoms with Crippen LogP contribution >= 0.6 is 0 Å². The number of benzene rings is 2. The molecule has 2 aromatic rings. The minimum absolute atomic E-state index is 0.0115. The van der Waals surface area contributed by atoms with Crippen molar-refractivity contribution in [3.8, 4) is 5.75 Å². The molecule has 7 heteroatoms. The van der Waals surface area contributed by atoms with Crippen LogP contribution < -0.4 is 10.1 Å². The summed E-state index contributed by atoms with van der Waals surface area (Å²) in [4.78, 5) is 22.7. The third-order valence-corrected chi connectivity index (χ3v) is 3.56. The zero-order valence-corrected chi connectivity index (χ0v) is 13.4. The molecule has 0 bridgehead atoms. The Labute approximate surface area is 139 Å². The molecule has 0 aliphatic heterocycles. The summed E-state index contributed by atoms with van der Waals surface area (Å²) >= 11 is 0. The van der Waals surface area contributed by atoms with Gasteiger partial charge in [-0.2, -0.15) is 0 Å². The number of nitro benzene ring substituents is 1. The van der Waals surface area contributed by atoms with Gasteiger partial charge >= 0.3 is 0 Å². The van der Waals surface area contributed by atoms with Crippen LogP contribution in [0.3, 0.4) is 0 Å². The smallest absolute Gasteiger partial charge is 0.282 e. The molecule has 0 spiro atoms. The number of amides is 1. The second-order valence-corrected chi connectivity index (χ2v) is 4.95. The minimum Gasteiger partial charge on any atom is -0.496 e. The van der Waals surface area contributed by atoms with Crippen LogP contribution in [0, 0.1) is 10.1 Å². The molecule has 1 unspecified atom stereocenters. The molecule has 0 aliphatic rings. The zero-order valence-electron chi connectivity index (χ0n) is 13.4. The van der Waals surface area contributed by atoms with Gasteiger partial charge in [0.05, 0.1) is 12.0 Å². The van der Waals surface area contributed by atoms with Gasteiger partial charge in [-0.3, -0.25) is 14.9 Å². The molecule has 126 valence electrons.